The molecule has 4 heteroatoms. The number of anilines is 1. The summed E-state index contributed by atoms with van der Waals surface area (Å²) in [5.74, 6) is 0.976. The van der Waals surface area contributed by atoms with Crippen LogP contribution in [0.5, 0.6) is 0 Å². The van der Waals surface area contributed by atoms with E-state index in [1.807, 2.05) is 6.92 Å². The van der Waals surface area contributed by atoms with E-state index in [4.69, 9.17) is 0 Å². The van der Waals surface area contributed by atoms with Crippen molar-refractivity contribution in [1.82, 2.24) is 14.5 Å². The van der Waals surface area contributed by atoms with E-state index in [-0.39, 0.29) is 0 Å². The number of nitrogens with zero attached hydrogens (tertiary/aromatic N) is 3. The summed E-state index contributed by atoms with van der Waals surface area (Å²) in [7, 11) is 4.16. The van der Waals surface area contributed by atoms with Gasteiger partial charge in [0.05, 0.1) is 5.69 Å². The molecule has 86 valence electrons. The van der Waals surface area contributed by atoms with Gasteiger partial charge in [0.15, 0.2) is 0 Å². The molecule has 15 heavy (non-hydrogen) atoms. The number of likely N-dealkylation sites (N-methyl/N-ethyl adjacent to an activating group) is 1. The van der Waals surface area contributed by atoms with Gasteiger partial charge in [0.1, 0.15) is 0 Å². The number of hydrogen-bond donors (Lipinski definition) is 1. The maximum absolute atomic E-state index is 4.46. The Balaban J connectivity index is 2.62. The van der Waals surface area contributed by atoms with Crippen molar-refractivity contribution in [2.24, 2.45) is 0 Å². The fraction of sp³-hybridized carbons (Fsp3) is 0.727. The van der Waals surface area contributed by atoms with Crippen molar-refractivity contribution >= 4 is 5.95 Å². The van der Waals surface area contributed by atoms with Crippen LogP contribution in [0.15, 0.2) is 6.20 Å². The molecule has 0 saturated carbocycles. The smallest absolute Gasteiger partial charge is 0.203 e. The van der Waals surface area contributed by atoms with Gasteiger partial charge in [-0.3, -0.25) is 0 Å². The van der Waals surface area contributed by atoms with Crippen molar-refractivity contribution in [3.63, 3.8) is 0 Å². The molecule has 0 amide bonds. The first-order chi connectivity index (χ1) is 7.02. The summed E-state index contributed by atoms with van der Waals surface area (Å²) < 4.78 is 2.14. The zero-order chi connectivity index (χ0) is 11.4. The zero-order valence-corrected chi connectivity index (χ0v) is 10.4. The minimum atomic E-state index is 0.409. The molecular weight excluding hydrogens is 188 g/mol. The van der Waals surface area contributed by atoms with E-state index in [0.717, 1.165) is 24.7 Å². The van der Waals surface area contributed by atoms with Gasteiger partial charge in [-0.25, -0.2) is 4.98 Å². The molecular formula is C11H22N4. The van der Waals surface area contributed by atoms with Crippen LogP contribution in [-0.2, 0) is 6.54 Å². The highest BCUT2D eigenvalue weighted by molar-refractivity contribution is 5.30. The standard InChI is InChI=1S/C11H22N4/c1-6-15-8-10(3)13-11(15)12-9(2)7-14(4)5/h8-9H,6-7H2,1-5H3,(H,12,13). The number of aryl methyl sites for hydroxylation is 2. The van der Waals surface area contributed by atoms with E-state index in [9.17, 15) is 0 Å². The largest absolute Gasteiger partial charge is 0.352 e. The molecule has 1 atom stereocenters. The van der Waals surface area contributed by atoms with Gasteiger partial charge in [0, 0.05) is 25.3 Å². The zero-order valence-electron chi connectivity index (χ0n) is 10.4. The molecule has 0 aliphatic rings. The van der Waals surface area contributed by atoms with E-state index in [1.165, 1.54) is 0 Å². The lowest BCUT2D eigenvalue weighted by Crippen LogP contribution is -2.30. The first-order valence-electron chi connectivity index (χ1n) is 5.48. The van der Waals surface area contributed by atoms with Gasteiger partial charge in [-0.05, 0) is 34.9 Å². The van der Waals surface area contributed by atoms with Crippen molar-refractivity contribution in [2.45, 2.75) is 33.4 Å². The van der Waals surface area contributed by atoms with Crippen LogP contribution >= 0.6 is 0 Å². The predicted octanol–water partition coefficient (Wildman–Crippen LogP) is 1.57. The Morgan fingerprint density at radius 2 is 2.20 bits per heavy atom. The first kappa shape index (κ1) is 12.0. The summed E-state index contributed by atoms with van der Waals surface area (Å²) in [5.41, 5.74) is 1.07. The lowest BCUT2D eigenvalue weighted by atomic mass is 10.3. The van der Waals surface area contributed by atoms with E-state index < -0.39 is 0 Å². The van der Waals surface area contributed by atoms with Crippen LogP contribution in [-0.4, -0.2) is 41.1 Å². The van der Waals surface area contributed by atoms with Crippen molar-refractivity contribution in [2.75, 3.05) is 26.0 Å². The third-order valence-corrected chi connectivity index (χ3v) is 2.25. The molecule has 1 aromatic rings. The summed E-state index contributed by atoms with van der Waals surface area (Å²) in [5, 5.41) is 3.42. The Bertz CT molecular complexity index is 304. The maximum Gasteiger partial charge on any atom is 0.203 e. The Morgan fingerprint density at radius 3 is 2.73 bits per heavy atom. The molecule has 0 fully saturated rings. The van der Waals surface area contributed by atoms with Crippen molar-refractivity contribution < 1.29 is 0 Å². The van der Waals surface area contributed by atoms with Crippen LogP contribution in [0, 0.1) is 6.92 Å². The highest BCUT2D eigenvalue weighted by Gasteiger charge is 2.08. The fourth-order valence-corrected chi connectivity index (χ4v) is 1.72. The monoisotopic (exact) mass is 210 g/mol. The van der Waals surface area contributed by atoms with Crippen LogP contribution in [0.4, 0.5) is 5.95 Å². The van der Waals surface area contributed by atoms with Gasteiger partial charge in [-0.2, -0.15) is 0 Å². The molecule has 0 spiro atoms. The maximum atomic E-state index is 4.46. The fourth-order valence-electron chi connectivity index (χ4n) is 1.72. The number of aromatic nitrogens is 2. The van der Waals surface area contributed by atoms with Crippen molar-refractivity contribution in [3.8, 4) is 0 Å². The average Bonchev–Trinajstić information content (AvgIpc) is 2.44. The molecule has 0 aromatic carbocycles. The summed E-state index contributed by atoms with van der Waals surface area (Å²) in [6.07, 6.45) is 2.07. The molecule has 0 bridgehead atoms. The van der Waals surface area contributed by atoms with E-state index >= 15 is 0 Å². The number of nitrogens with one attached hydrogen (secondary N) is 1. The predicted molar refractivity (Wildman–Crippen MR) is 64.3 cm³/mol. The quantitative estimate of drug-likeness (QED) is 0.801. The number of hydrogen-bond acceptors (Lipinski definition) is 3. The first-order valence-corrected chi connectivity index (χ1v) is 5.48. The van der Waals surface area contributed by atoms with E-state index in [1.54, 1.807) is 0 Å². The highest BCUT2D eigenvalue weighted by Crippen LogP contribution is 2.09. The Morgan fingerprint density at radius 1 is 1.53 bits per heavy atom. The van der Waals surface area contributed by atoms with E-state index in [2.05, 4.69) is 53.9 Å². The number of imidazole rings is 1. The van der Waals surface area contributed by atoms with Gasteiger partial charge in [0.25, 0.3) is 0 Å². The summed E-state index contributed by atoms with van der Waals surface area (Å²) in [6, 6.07) is 0.409. The van der Waals surface area contributed by atoms with Crippen LogP contribution in [0.3, 0.4) is 0 Å². The second kappa shape index (κ2) is 5.16. The second-order valence-electron chi connectivity index (χ2n) is 4.30. The van der Waals surface area contributed by atoms with Crippen molar-refractivity contribution in [3.05, 3.63) is 11.9 Å². The molecule has 1 unspecified atom stereocenters. The van der Waals surface area contributed by atoms with Crippen molar-refractivity contribution in [1.29, 1.82) is 0 Å². The van der Waals surface area contributed by atoms with Crippen LogP contribution < -0.4 is 5.32 Å². The van der Waals surface area contributed by atoms with Crippen LogP contribution in [0.2, 0.25) is 0 Å². The lowest BCUT2D eigenvalue weighted by molar-refractivity contribution is 0.391. The molecule has 1 N–H and O–H groups in total. The third-order valence-electron chi connectivity index (χ3n) is 2.25. The van der Waals surface area contributed by atoms with Gasteiger partial charge in [0.2, 0.25) is 5.95 Å². The summed E-state index contributed by atoms with van der Waals surface area (Å²) in [4.78, 5) is 6.63. The summed E-state index contributed by atoms with van der Waals surface area (Å²) >= 11 is 0. The molecule has 0 saturated heterocycles. The molecule has 0 aliphatic heterocycles. The SMILES string of the molecule is CCn1cc(C)nc1NC(C)CN(C)C. The van der Waals surface area contributed by atoms with Gasteiger partial charge in [-0.1, -0.05) is 0 Å². The van der Waals surface area contributed by atoms with Crippen LogP contribution in [0.1, 0.15) is 19.5 Å². The molecule has 0 aliphatic carbocycles. The lowest BCUT2D eigenvalue weighted by Gasteiger charge is -2.19. The minimum absolute atomic E-state index is 0.409. The Hall–Kier alpha value is -1.03. The second-order valence-corrected chi connectivity index (χ2v) is 4.30. The normalized spacial score (nSPS) is 13.2. The van der Waals surface area contributed by atoms with E-state index in [0.29, 0.717) is 6.04 Å². The summed E-state index contributed by atoms with van der Waals surface area (Å²) in [6.45, 7) is 8.29. The molecule has 0 radical (unpaired) electrons. The van der Waals surface area contributed by atoms with Gasteiger partial charge < -0.3 is 14.8 Å². The minimum Gasteiger partial charge on any atom is -0.352 e. The Labute approximate surface area is 92.3 Å². The Kier molecular flexibility index (Phi) is 4.15. The van der Waals surface area contributed by atoms with Gasteiger partial charge >= 0.3 is 0 Å². The van der Waals surface area contributed by atoms with Gasteiger partial charge in [-0.15, -0.1) is 0 Å². The molecule has 1 rings (SSSR count). The van der Waals surface area contributed by atoms with Crippen LogP contribution in [0.25, 0.3) is 0 Å². The topological polar surface area (TPSA) is 33.1 Å². The highest BCUT2D eigenvalue weighted by atomic mass is 15.2. The third kappa shape index (κ3) is 3.55. The average molecular weight is 210 g/mol. The molecule has 4 nitrogen and oxygen atoms in total. The molecule has 1 aromatic heterocycles. The molecule has 1 heterocycles. The number of rotatable bonds is 5.